The summed E-state index contributed by atoms with van der Waals surface area (Å²) in [4.78, 5) is 0. The molecule has 0 aliphatic heterocycles. The van der Waals surface area contributed by atoms with Crippen molar-refractivity contribution in [3.8, 4) is 0 Å². The molecule has 3 N–H and O–H groups in total. The molecule has 1 fully saturated rings. The number of thioether (sulfide) groups is 1. The molecule has 0 heterocycles. The second kappa shape index (κ2) is 5.19. The number of hydrogen-bond donors (Lipinski definition) is 2. The maximum atomic E-state index is 6.00. The highest BCUT2D eigenvalue weighted by Crippen LogP contribution is 2.34. The molecule has 1 aliphatic carbocycles. The van der Waals surface area contributed by atoms with Crippen LogP contribution >= 0.6 is 23.4 Å². The van der Waals surface area contributed by atoms with Gasteiger partial charge in [0.15, 0.2) is 0 Å². The molecule has 2 rings (SSSR count). The monoisotopic (exact) mass is 256 g/mol. The van der Waals surface area contributed by atoms with E-state index in [1.807, 2.05) is 30.0 Å². The van der Waals surface area contributed by atoms with Gasteiger partial charge in [0.1, 0.15) is 0 Å². The van der Waals surface area contributed by atoms with E-state index < -0.39 is 0 Å². The zero-order valence-corrected chi connectivity index (χ0v) is 10.9. The van der Waals surface area contributed by atoms with Crippen molar-refractivity contribution in [1.82, 2.24) is 0 Å². The number of nitrogens with one attached hydrogen (secondary N) is 1. The van der Waals surface area contributed by atoms with Crippen LogP contribution in [0, 0.1) is 0 Å². The Balaban J connectivity index is 2.11. The van der Waals surface area contributed by atoms with Crippen LogP contribution in [-0.2, 0) is 0 Å². The van der Waals surface area contributed by atoms with E-state index >= 15 is 0 Å². The summed E-state index contributed by atoms with van der Waals surface area (Å²) in [7, 11) is 0. The fraction of sp³-hybridized carbons (Fsp3) is 0.500. The number of rotatable bonds is 3. The van der Waals surface area contributed by atoms with Crippen molar-refractivity contribution >= 4 is 34.7 Å². The number of anilines is 2. The fourth-order valence-corrected chi connectivity index (χ4v) is 3.35. The molecule has 88 valence electrons. The lowest BCUT2D eigenvalue weighted by Crippen LogP contribution is -2.26. The quantitative estimate of drug-likeness (QED) is 0.812. The molecule has 1 aromatic carbocycles. The van der Waals surface area contributed by atoms with Crippen LogP contribution < -0.4 is 11.1 Å². The molecule has 0 radical (unpaired) electrons. The normalized spacial score (nSPS) is 24.6. The number of halogens is 1. The van der Waals surface area contributed by atoms with Crippen molar-refractivity contribution in [1.29, 1.82) is 0 Å². The SMILES string of the molecule is CSC1CCCC1Nc1cccc(Cl)c1N. The van der Waals surface area contributed by atoms with Gasteiger partial charge in [0, 0.05) is 11.3 Å². The van der Waals surface area contributed by atoms with Crippen molar-refractivity contribution < 1.29 is 0 Å². The maximum absolute atomic E-state index is 6.00. The van der Waals surface area contributed by atoms with Gasteiger partial charge in [-0.15, -0.1) is 0 Å². The van der Waals surface area contributed by atoms with E-state index in [9.17, 15) is 0 Å². The van der Waals surface area contributed by atoms with Crippen LogP contribution in [0.5, 0.6) is 0 Å². The Morgan fingerprint density at radius 2 is 2.25 bits per heavy atom. The van der Waals surface area contributed by atoms with Crippen molar-refractivity contribution in [3.05, 3.63) is 23.2 Å². The second-order valence-corrected chi connectivity index (χ2v) is 5.64. The molecular weight excluding hydrogens is 240 g/mol. The van der Waals surface area contributed by atoms with E-state index in [0.717, 1.165) is 5.69 Å². The van der Waals surface area contributed by atoms with Gasteiger partial charge in [-0.1, -0.05) is 24.1 Å². The first-order valence-corrected chi connectivity index (χ1v) is 7.22. The van der Waals surface area contributed by atoms with Gasteiger partial charge in [-0.2, -0.15) is 11.8 Å². The van der Waals surface area contributed by atoms with E-state index in [0.29, 0.717) is 22.0 Å². The molecule has 1 aliphatic rings. The van der Waals surface area contributed by atoms with Gasteiger partial charge >= 0.3 is 0 Å². The molecule has 2 nitrogen and oxygen atoms in total. The first-order chi connectivity index (χ1) is 7.72. The largest absolute Gasteiger partial charge is 0.396 e. The first-order valence-electron chi connectivity index (χ1n) is 5.55. The molecule has 16 heavy (non-hydrogen) atoms. The van der Waals surface area contributed by atoms with Crippen molar-refractivity contribution in [2.75, 3.05) is 17.3 Å². The highest BCUT2D eigenvalue weighted by Gasteiger charge is 2.26. The zero-order valence-electron chi connectivity index (χ0n) is 9.37. The van der Waals surface area contributed by atoms with Gasteiger partial charge in [-0.3, -0.25) is 0 Å². The number of benzene rings is 1. The Morgan fingerprint density at radius 3 is 3.00 bits per heavy atom. The molecule has 0 spiro atoms. The number of para-hydroxylation sites is 1. The van der Waals surface area contributed by atoms with Crippen LogP contribution in [0.15, 0.2) is 18.2 Å². The van der Waals surface area contributed by atoms with E-state index in [1.165, 1.54) is 19.3 Å². The summed E-state index contributed by atoms with van der Waals surface area (Å²) >= 11 is 7.93. The lowest BCUT2D eigenvalue weighted by Gasteiger charge is -2.21. The highest BCUT2D eigenvalue weighted by atomic mass is 35.5. The van der Waals surface area contributed by atoms with Gasteiger partial charge in [0.2, 0.25) is 0 Å². The third kappa shape index (κ3) is 2.41. The van der Waals surface area contributed by atoms with Gasteiger partial charge in [0.25, 0.3) is 0 Å². The van der Waals surface area contributed by atoms with Crippen LogP contribution in [-0.4, -0.2) is 17.5 Å². The topological polar surface area (TPSA) is 38.0 Å². The third-order valence-electron chi connectivity index (χ3n) is 3.15. The van der Waals surface area contributed by atoms with E-state index in [-0.39, 0.29) is 0 Å². The van der Waals surface area contributed by atoms with E-state index in [1.54, 1.807) is 0 Å². The van der Waals surface area contributed by atoms with Gasteiger partial charge in [-0.25, -0.2) is 0 Å². The predicted molar refractivity (Wildman–Crippen MR) is 74.4 cm³/mol. The summed E-state index contributed by atoms with van der Waals surface area (Å²) in [6.45, 7) is 0. The average Bonchev–Trinajstić information content (AvgIpc) is 2.72. The molecule has 0 aromatic heterocycles. The molecular formula is C12H17ClN2S. The third-order valence-corrected chi connectivity index (χ3v) is 4.65. The Bertz CT molecular complexity index is 370. The smallest absolute Gasteiger partial charge is 0.0739 e. The lowest BCUT2D eigenvalue weighted by molar-refractivity contribution is 0.769. The second-order valence-electron chi connectivity index (χ2n) is 4.16. The molecule has 0 amide bonds. The summed E-state index contributed by atoms with van der Waals surface area (Å²) in [6.07, 6.45) is 5.98. The van der Waals surface area contributed by atoms with Crippen molar-refractivity contribution in [3.63, 3.8) is 0 Å². The van der Waals surface area contributed by atoms with Crippen molar-refractivity contribution in [2.45, 2.75) is 30.6 Å². The van der Waals surface area contributed by atoms with Gasteiger partial charge < -0.3 is 11.1 Å². The van der Waals surface area contributed by atoms with Crippen LogP contribution in [0.4, 0.5) is 11.4 Å². The number of hydrogen-bond acceptors (Lipinski definition) is 3. The first kappa shape index (κ1) is 11.9. The fourth-order valence-electron chi connectivity index (χ4n) is 2.24. The van der Waals surface area contributed by atoms with Gasteiger partial charge in [-0.05, 0) is 31.2 Å². The molecule has 2 atom stereocenters. The Hall–Kier alpha value is -0.540. The standard InChI is InChI=1S/C12H17ClN2S/c1-16-11-7-3-5-9(11)15-10-6-2-4-8(13)12(10)14/h2,4,6,9,11,15H,3,5,7,14H2,1H3. The molecule has 0 saturated heterocycles. The molecule has 2 unspecified atom stereocenters. The minimum absolute atomic E-state index is 0.524. The van der Waals surface area contributed by atoms with Crippen LogP contribution in [0.25, 0.3) is 0 Å². The Morgan fingerprint density at radius 1 is 1.44 bits per heavy atom. The Kier molecular flexibility index (Phi) is 3.87. The van der Waals surface area contributed by atoms with Crippen LogP contribution in [0.3, 0.4) is 0 Å². The summed E-state index contributed by atoms with van der Waals surface area (Å²) in [5.74, 6) is 0. The van der Waals surface area contributed by atoms with Crippen LogP contribution in [0.2, 0.25) is 5.02 Å². The average molecular weight is 257 g/mol. The minimum atomic E-state index is 0.524. The summed E-state index contributed by atoms with van der Waals surface area (Å²) in [5, 5.41) is 4.84. The number of nitrogen functional groups attached to an aromatic ring is 1. The lowest BCUT2D eigenvalue weighted by atomic mass is 10.2. The molecule has 1 saturated carbocycles. The van der Waals surface area contributed by atoms with Crippen LogP contribution in [0.1, 0.15) is 19.3 Å². The number of nitrogens with two attached hydrogens (primary N) is 1. The Labute approximate surface area is 106 Å². The molecule has 4 heteroatoms. The predicted octanol–water partition coefficient (Wildman–Crippen LogP) is 3.62. The van der Waals surface area contributed by atoms with Gasteiger partial charge in [0.05, 0.1) is 16.4 Å². The van der Waals surface area contributed by atoms with E-state index in [2.05, 4.69) is 11.6 Å². The minimum Gasteiger partial charge on any atom is -0.396 e. The summed E-state index contributed by atoms with van der Waals surface area (Å²) in [5.41, 5.74) is 7.58. The van der Waals surface area contributed by atoms with E-state index in [4.69, 9.17) is 17.3 Å². The summed E-state index contributed by atoms with van der Waals surface area (Å²) in [6, 6.07) is 6.28. The summed E-state index contributed by atoms with van der Waals surface area (Å²) < 4.78 is 0. The maximum Gasteiger partial charge on any atom is 0.0739 e. The van der Waals surface area contributed by atoms with Crippen molar-refractivity contribution in [2.24, 2.45) is 0 Å². The zero-order chi connectivity index (χ0) is 11.5. The highest BCUT2D eigenvalue weighted by molar-refractivity contribution is 7.99. The molecule has 1 aromatic rings. The molecule has 0 bridgehead atoms.